The summed E-state index contributed by atoms with van der Waals surface area (Å²) in [7, 11) is 0. The zero-order valence-electron chi connectivity index (χ0n) is 17.9. The molecule has 7 nitrogen and oxygen atoms in total. The number of amides is 2. The predicted molar refractivity (Wildman–Crippen MR) is 117 cm³/mol. The fraction of sp³-hybridized carbons (Fsp3) is 0.333. The Morgan fingerprint density at radius 2 is 1.94 bits per heavy atom. The average molecular weight is 418 g/mol. The number of hydrogen-bond acceptors (Lipinski definition) is 4. The van der Waals surface area contributed by atoms with Gasteiger partial charge in [-0.1, -0.05) is 44.2 Å². The van der Waals surface area contributed by atoms with E-state index < -0.39 is 6.04 Å². The molecule has 0 radical (unpaired) electrons. The average Bonchev–Trinajstić information content (AvgIpc) is 3.35. The third kappa shape index (κ3) is 4.35. The minimum absolute atomic E-state index is 0.0239. The number of fused-ring (bicyclic) bond motifs is 1. The summed E-state index contributed by atoms with van der Waals surface area (Å²) >= 11 is 0. The molecule has 2 unspecified atom stereocenters. The Morgan fingerprint density at radius 3 is 2.68 bits per heavy atom. The van der Waals surface area contributed by atoms with E-state index in [4.69, 9.17) is 0 Å². The first-order chi connectivity index (χ1) is 15.1. The number of nitrogens with zero attached hydrogens (tertiary/aromatic N) is 4. The highest BCUT2D eigenvalue weighted by Crippen LogP contribution is 2.26. The van der Waals surface area contributed by atoms with Crippen molar-refractivity contribution in [2.24, 2.45) is 5.92 Å². The molecule has 160 valence electrons. The number of carbonyl (C=O) groups is 2. The van der Waals surface area contributed by atoms with Gasteiger partial charge in [0, 0.05) is 49.6 Å². The largest absolute Gasteiger partial charge is 0.350 e. The Hall–Kier alpha value is -3.48. The molecule has 3 aromatic rings. The van der Waals surface area contributed by atoms with E-state index in [1.165, 1.54) is 0 Å². The SMILES string of the molecule is CCC(C)C(=O)N1Cc2ccccc2CC1C(=O)NCc1cccnc1-n1cccn1. The van der Waals surface area contributed by atoms with Crippen LogP contribution in [0, 0.1) is 5.92 Å². The molecule has 2 amide bonds. The molecule has 0 saturated heterocycles. The molecule has 2 aromatic heterocycles. The van der Waals surface area contributed by atoms with Crippen molar-refractivity contribution in [3.05, 3.63) is 77.7 Å². The maximum Gasteiger partial charge on any atom is 0.243 e. The monoisotopic (exact) mass is 417 g/mol. The van der Waals surface area contributed by atoms with Crippen LogP contribution in [0.3, 0.4) is 0 Å². The molecule has 31 heavy (non-hydrogen) atoms. The van der Waals surface area contributed by atoms with Gasteiger partial charge >= 0.3 is 0 Å². The van der Waals surface area contributed by atoms with Crippen LogP contribution < -0.4 is 5.32 Å². The van der Waals surface area contributed by atoms with Gasteiger partial charge in [-0.2, -0.15) is 5.10 Å². The standard InChI is InChI=1S/C24H27N5O2/c1-3-17(2)24(31)28-16-20-9-5-4-8-18(20)14-21(28)23(30)26-15-19-10-6-11-25-22(19)29-13-7-12-27-29/h4-13,17,21H,3,14-16H2,1-2H3,(H,26,30). The van der Waals surface area contributed by atoms with E-state index in [0.717, 1.165) is 23.1 Å². The molecule has 1 aliphatic rings. The molecule has 0 fully saturated rings. The number of hydrogen-bond donors (Lipinski definition) is 1. The Morgan fingerprint density at radius 1 is 1.13 bits per heavy atom. The van der Waals surface area contributed by atoms with Crippen LogP contribution in [0.4, 0.5) is 0 Å². The molecule has 0 bridgehead atoms. The van der Waals surface area contributed by atoms with E-state index in [1.807, 2.05) is 62.5 Å². The lowest BCUT2D eigenvalue weighted by atomic mass is 9.92. The second-order valence-corrected chi connectivity index (χ2v) is 7.92. The maximum absolute atomic E-state index is 13.3. The summed E-state index contributed by atoms with van der Waals surface area (Å²) in [5.41, 5.74) is 3.08. The third-order valence-electron chi connectivity index (χ3n) is 5.91. The van der Waals surface area contributed by atoms with Crippen molar-refractivity contribution in [3.63, 3.8) is 0 Å². The van der Waals surface area contributed by atoms with E-state index in [2.05, 4.69) is 15.4 Å². The van der Waals surface area contributed by atoms with Crippen LogP contribution in [0.5, 0.6) is 0 Å². The molecular weight excluding hydrogens is 390 g/mol. The number of carbonyl (C=O) groups excluding carboxylic acids is 2. The topological polar surface area (TPSA) is 80.1 Å². The molecule has 4 rings (SSSR count). The van der Waals surface area contributed by atoms with Gasteiger partial charge in [0.15, 0.2) is 5.82 Å². The van der Waals surface area contributed by atoms with Crippen LogP contribution in [0.15, 0.2) is 61.1 Å². The normalized spacial score (nSPS) is 16.5. The summed E-state index contributed by atoms with van der Waals surface area (Å²) in [6.45, 7) is 4.69. The van der Waals surface area contributed by atoms with Crippen molar-refractivity contribution in [2.75, 3.05) is 0 Å². The summed E-state index contributed by atoms with van der Waals surface area (Å²) in [5.74, 6) is 0.428. The molecule has 7 heteroatoms. The van der Waals surface area contributed by atoms with Gasteiger partial charge in [0.2, 0.25) is 11.8 Å². The highest BCUT2D eigenvalue weighted by Gasteiger charge is 2.35. The minimum atomic E-state index is -0.527. The van der Waals surface area contributed by atoms with Gasteiger partial charge in [-0.25, -0.2) is 9.67 Å². The first kappa shape index (κ1) is 20.8. The van der Waals surface area contributed by atoms with Gasteiger partial charge in [-0.3, -0.25) is 9.59 Å². The van der Waals surface area contributed by atoms with Crippen molar-refractivity contribution >= 4 is 11.8 Å². The lowest BCUT2D eigenvalue weighted by Gasteiger charge is -2.37. The Labute approximate surface area is 182 Å². The van der Waals surface area contributed by atoms with Crippen LogP contribution in [0.2, 0.25) is 0 Å². The van der Waals surface area contributed by atoms with E-state index >= 15 is 0 Å². The van der Waals surface area contributed by atoms with Crippen LogP contribution in [-0.2, 0) is 29.1 Å². The van der Waals surface area contributed by atoms with Gasteiger partial charge in [-0.15, -0.1) is 0 Å². The van der Waals surface area contributed by atoms with Gasteiger partial charge < -0.3 is 10.2 Å². The van der Waals surface area contributed by atoms with E-state index in [1.54, 1.807) is 22.0 Å². The van der Waals surface area contributed by atoms with E-state index in [0.29, 0.717) is 25.3 Å². The number of pyridine rings is 1. The lowest BCUT2D eigenvalue weighted by Crippen LogP contribution is -2.53. The molecule has 3 heterocycles. The van der Waals surface area contributed by atoms with E-state index in [-0.39, 0.29) is 17.7 Å². The number of aromatic nitrogens is 3. The zero-order chi connectivity index (χ0) is 21.8. The van der Waals surface area contributed by atoms with Crippen molar-refractivity contribution in [3.8, 4) is 5.82 Å². The van der Waals surface area contributed by atoms with Gasteiger partial charge in [0.25, 0.3) is 0 Å². The highest BCUT2D eigenvalue weighted by molar-refractivity contribution is 5.89. The first-order valence-electron chi connectivity index (χ1n) is 10.7. The first-order valence-corrected chi connectivity index (χ1v) is 10.7. The van der Waals surface area contributed by atoms with Crippen LogP contribution in [0.25, 0.3) is 5.82 Å². The Bertz CT molecular complexity index is 1060. The van der Waals surface area contributed by atoms with Crippen molar-refractivity contribution in [1.82, 2.24) is 25.0 Å². The lowest BCUT2D eigenvalue weighted by molar-refractivity contribution is -0.144. The molecule has 0 aliphatic carbocycles. The van der Waals surface area contributed by atoms with Gasteiger partial charge in [0.05, 0.1) is 0 Å². The summed E-state index contributed by atoms with van der Waals surface area (Å²) < 4.78 is 1.68. The van der Waals surface area contributed by atoms with Crippen LogP contribution >= 0.6 is 0 Å². The van der Waals surface area contributed by atoms with Gasteiger partial charge in [0.1, 0.15) is 6.04 Å². The fourth-order valence-corrected chi connectivity index (χ4v) is 3.92. The smallest absolute Gasteiger partial charge is 0.243 e. The molecule has 1 N–H and O–H groups in total. The summed E-state index contributed by atoms with van der Waals surface area (Å²) in [6.07, 6.45) is 6.47. The highest BCUT2D eigenvalue weighted by atomic mass is 16.2. The third-order valence-corrected chi connectivity index (χ3v) is 5.91. The van der Waals surface area contributed by atoms with Gasteiger partial charge in [-0.05, 0) is 29.7 Å². The maximum atomic E-state index is 13.3. The minimum Gasteiger partial charge on any atom is -0.350 e. The molecule has 0 spiro atoms. The summed E-state index contributed by atoms with van der Waals surface area (Å²) in [4.78, 5) is 32.5. The quantitative estimate of drug-likeness (QED) is 0.669. The second-order valence-electron chi connectivity index (χ2n) is 7.92. The summed E-state index contributed by atoms with van der Waals surface area (Å²) in [6, 6.07) is 13.1. The number of rotatable bonds is 6. The second kappa shape index (κ2) is 9.12. The number of nitrogens with one attached hydrogen (secondary N) is 1. The molecule has 1 aromatic carbocycles. The van der Waals surface area contributed by atoms with Crippen LogP contribution in [-0.4, -0.2) is 37.5 Å². The summed E-state index contributed by atoms with van der Waals surface area (Å²) in [5, 5.41) is 7.27. The molecule has 1 aliphatic heterocycles. The fourth-order valence-electron chi connectivity index (χ4n) is 3.92. The van der Waals surface area contributed by atoms with Crippen molar-refractivity contribution in [1.29, 1.82) is 0 Å². The Balaban J connectivity index is 1.54. The molecule has 2 atom stereocenters. The van der Waals surface area contributed by atoms with Crippen molar-refractivity contribution in [2.45, 2.75) is 45.8 Å². The van der Waals surface area contributed by atoms with Crippen LogP contribution in [0.1, 0.15) is 37.0 Å². The molecular formula is C24H27N5O2. The number of benzene rings is 1. The Kier molecular flexibility index (Phi) is 6.11. The molecule has 0 saturated carbocycles. The predicted octanol–water partition coefficient (Wildman–Crippen LogP) is 2.88. The zero-order valence-corrected chi connectivity index (χ0v) is 17.9. The van der Waals surface area contributed by atoms with Crippen molar-refractivity contribution < 1.29 is 9.59 Å². The van der Waals surface area contributed by atoms with E-state index in [9.17, 15) is 9.59 Å².